The van der Waals surface area contributed by atoms with Gasteiger partial charge in [-0.3, -0.25) is 4.79 Å². The zero-order valence-corrected chi connectivity index (χ0v) is 17.9. The van der Waals surface area contributed by atoms with E-state index in [-0.39, 0.29) is 42.7 Å². The second kappa shape index (κ2) is 9.36. The number of aromatic hydroxyl groups is 1. The normalized spacial score (nSPS) is 15.1. The van der Waals surface area contributed by atoms with Crippen LogP contribution >= 0.6 is 0 Å². The summed E-state index contributed by atoms with van der Waals surface area (Å²) < 4.78 is 38.0. The minimum Gasteiger partial charge on any atom is -0.504 e. The number of phenols is 1. The SMILES string of the molecule is COc1ccc(S(=O)(=O)N2CCN(C(=O)CCOc3ccccc3O)CC2)c(C)c1. The van der Waals surface area contributed by atoms with E-state index >= 15 is 0 Å². The Kier molecular flexibility index (Phi) is 6.84. The van der Waals surface area contributed by atoms with Crippen LogP contribution in [0.1, 0.15) is 12.0 Å². The molecule has 1 saturated heterocycles. The molecule has 30 heavy (non-hydrogen) atoms. The maximum atomic E-state index is 13.0. The number of piperazine rings is 1. The molecule has 0 bridgehead atoms. The van der Waals surface area contributed by atoms with Gasteiger partial charge in [-0.1, -0.05) is 12.1 Å². The fourth-order valence-electron chi connectivity index (χ4n) is 3.34. The average molecular weight is 435 g/mol. The van der Waals surface area contributed by atoms with Crippen molar-refractivity contribution >= 4 is 15.9 Å². The predicted molar refractivity (Wildman–Crippen MR) is 111 cm³/mol. The Bertz CT molecular complexity index is 1000. The highest BCUT2D eigenvalue weighted by Gasteiger charge is 2.31. The number of hydrogen-bond donors (Lipinski definition) is 1. The summed E-state index contributed by atoms with van der Waals surface area (Å²) in [6, 6.07) is 11.4. The van der Waals surface area contributed by atoms with E-state index in [1.54, 1.807) is 48.2 Å². The molecule has 0 aromatic heterocycles. The Morgan fingerprint density at radius 1 is 1.10 bits per heavy atom. The molecule has 0 atom stereocenters. The van der Waals surface area contributed by atoms with Crippen LogP contribution in [0.3, 0.4) is 0 Å². The van der Waals surface area contributed by atoms with Crippen molar-refractivity contribution in [3.8, 4) is 17.2 Å². The Morgan fingerprint density at radius 3 is 2.43 bits per heavy atom. The van der Waals surface area contributed by atoms with E-state index in [9.17, 15) is 18.3 Å². The summed E-state index contributed by atoms with van der Waals surface area (Å²) in [4.78, 5) is 14.3. The van der Waals surface area contributed by atoms with Gasteiger partial charge in [0.1, 0.15) is 5.75 Å². The summed E-state index contributed by atoms with van der Waals surface area (Å²) in [6.07, 6.45) is 0.151. The molecule has 1 amide bonds. The van der Waals surface area contributed by atoms with Crippen LogP contribution in [0.4, 0.5) is 0 Å². The molecule has 1 aliphatic heterocycles. The number of nitrogens with zero attached hydrogens (tertiary/aromatic N) is 2. The van der Waals surface area contributed by atoms with Gasteiger partial charge in [0.05, 0.1) is 25.0 Å². The van der Waals surface area contributed by atoms with Crippen LogP contribution in [-0.4, -0.2) is 68.5 Å². The predicted octanol–water partition coefficient (Wildman–Crippen LogP) is 2.01. The second-order valence-corrected chi connectivity index (χ2v) is 8.89. The molecule has 0 saturated carbocycles. The van der Waals surface area contributed by atoms with E-state index in [2.05, 4.69) is 0 Å². The number of sulfonamides is 1. The maximum Gasteiger partial charge on any atom is 0.243 e. The van der Waals surface area contributed by atoms with Crippen LogP contribution in [0.15, 0.2) is 47.4 Å². The zero-order chi connectivity index (χ0) is 21.7. The van der Waals surface area contributed by atoms with Crippen molar-refractivity contribution in [2.24, 2.45) is 0 Å². The third kappa shape index (κ3) is 4.85. The van der Waals surface area contributed by atoms with Crippen molar-refractivity contribution in [1.29, 1.82) is 0 Å². The summed E-state index contributed by atoms with van der Waals surface area (Å²) in [5.74, 6) is 0.852. The van der Waals surface area contributed by atoms with E-state index in [1.807, 2.05) is 0 Å². The molecule has 1 heterocycles. The highest BCUT2D eigenvalue weighted by molar-refractivity contribution is 7.89. The minimum atomic E-state index is -3.64. The fourth-order valence-corrected chi connectivity index (χ4v) is 4.97. The molecule has 162 valence electrons. The first-order valence-electron chi connectivity index (χ1n) is 9.66. The molecule has 2 aromatic rings. The average Bonchev–Trinajstić information content (AvgIpc) is 2.74. The van der Waals surface area contributed by atoms with E-state index in [4.69, 9.17) is 9.47 Å². The Labute approximate surface area is 176 Å². The van der Waals surface area contributed by atoms with Crippen molar-refractivity contribution in [2.45, 2.75) is 18.2 Å². The maximum absolute atomic E-state index is 13.0. The Balaban J connectivity index is 1.53. The van der Waals surface area contributed by atoms with Crippen molar-refractivity contribution < 1.29 is 27.8 Å². The third-order valence-electron chi connectivity index (χ3n) is 5.03. The second-order valence-electron chi connectivity index (χ2n) is 6.98. The van der Waals surface area contributed by atoms with Gasteiger partial charge in [-0.05, 0) is 42.8 Å². The van der Waals surface area contributed by atoms with Crippen molar-refractivity contribution in [3.63, 3.8) is 0 Å². The Morgan fingerprint density at radius 2 is 1.80 bits per heavy atom. The highest BCUT2D eigenvalue weighted by atomic mass is 32.2. The lowest BCUT2D eigenvalue weighted by Crippen LogP contribution is -2.50. The van der Waals surface area contributed by atoms with Crippen LogP contribution < -0.4 is 9.47 Å². The first kappa shape index (κ1) is 21.9. The number of carbonyl (C=O) groups excluding carboxylic acids is 1. The fraction of sp³-hybridized carbons (Fsp3) is 0.381. The molecular weight excluding hydrogens is 408 g/mol. The minimum absolute atomic E-state index is 0.0256. The van der Waals surface area contributed by atoms with Gasteiger partial charge in [0, 0.05) is 26.2 Å². The van der Waals surface area contributed by atoms with E-state index < -0.39 is 10.0 Å². The van der Waals surface area contributed by atoms with Gasteiger partial charge in [0.2, 0.25) is 15.9 Å². The van der Waals surface area contributed by atoms with Gasteiger partial charge >= 0.3 is 0 Å². The molecule has 0 spiro atoms. The van der Waals surface area contributed by atoms with Crippen molar-refractivity contribution in [1.82, 2.24) is 9.21 Å². The lowest BCUT2D eigenvalue weighted by atomic mass is 10.2. The monoisotopic (exact) mass is 434 g/mol. The largest absolute Gasteiger partial charge is 0.504 e. The molecule has 0 unspecified atom stereocenters. The molecule has 9 heteroatoms. The van der Waals surface area contributed by atoms with Crippen molar-refractivity contribution in [2.75, 3.05) is 39.9 Å². The van der Waals surface area contributed by atoms with Gasteiger partial charge in [0.15, 0.2) is 11.5 Å². The third-order valence-corrected chi connectivity index (χ3v) is 7.09. The van der Waals surface area contributed by atoms with Crippen LogP contribution in [0.25, 0.3) is 0 Å². The van der Waals surface area contributed by atoms with Crippen LogP contribution in [0.5, 0.6) is 17.2 Å². The molecular formula is C21H26N2O6S. The standard InChI is InChI=1S/C21H26N2O6S/c1-16-15-17(28-2)7-8-20(16)30(26,27)23-12-10-22(11-13-23)21(25)9-14-29-19-6-4-3-5-18(19)24/h3-8,15,24H,9-14H2,1-2H3. The Hall–Kier alpha value is -2.78. The van der Waals surface area contributed by atoms with Crippen molar-refractivity contribution in [3.05, 3.63) is 48.0 Å². The van der Waals surface area contributed by atoms with E-state index in [1.165, 1.54) is 17.5 Å². The number of carbonyl (C=O) groups is 1. The van der Waals surface area contributed by atoms with Crippen LogP contribution in [-0.2, 0) is 14.8 Å². The zero-order valence-electron chi connectivity index (χ0n) is 17.1. The topological polar surface area (TPSA) is 96.4 Å². The number of ether oxygens (including phenoxy) is 2. The molecule has 3 rings (SSSR count). The first-order valence-corrected chi connectivity index (χ1v) is 11.1. The first-order chi connectivity index (χ1) is 14.3. The van der Waals surface area contributed by atoms with E-state index in [0.29, 0.717) is 30.2 Å². The quantitative estimate of drug-likeness (QED) is 0.716. The molecule has 0 aliphatic carbocycles. The number of benzene rings is 2. The summed E-state index contributed by atoms with van der Waals surface area (Å²) in [7, 11) is -2.10. The number of aryl methyl sites for hydroxylation is 1. The van der Waals surface area contributed by atoms with Gasteiger partial charge < -0.3 is 19.5 Å². The summed E-state index contributed by atoms with van der Waals surface area (Å²) in [5, 5.41) is 9.68. The molecule has 0 radical (unpaired) electrons. The van der Waals surface area contributed by atoms with Crippen LogP contribution in [0, 0.1) is 6.92 Å². The number of rotatable bonds is 7. The van der Waals surface area contributed by atoms with Gasteiger partial charge in [-0.2, -0.15) is 4.31 Å². The summed E-state index contributed by atoms with van der Waals surface area (Å²) in [6.45, 7) is 2.99. The molecule has 1 fully saturated rings. The number of para-hydroxylation sites is 2. The lowest BCUT2D eigenvalue weighted by molar-refractivity contribution is -0.132. The lowest BCUT2D eigenvalue weighted by Gasteiger charge is -2.34. The molecule has 8 nitrogen and oxygen atoms in total. The molecule has 1 N–H and O–H groups in total. The van der Waals surface area contributed by atoms with E-state index in [0.717, 1.165) is 0 Å². The number of phenolic OH excluding ortho intramolecular Hbond substituents is 1. The van der Waals surface area contributed by atoms with Gasteiger partial charge in [0.25, 0.3) is 0 Å². The van der Waals surface area contributed by atoms with Gasteiger partial charge in [-0.15, -0.1) is 0 Å². The molecule has 2 aromatic carbocycles. The number of methoxy groups -OCH3 is 1. The number of amides is 1. The molecule has 1 aliphatic rings. The summed E-state index contributed by atoms with van der Waals surface area (Å²) >= 11 is 0. The summed E-state index contributed by atoms with van der Waals surface area (Å²) in [5.41, 5.74) is 0.620. The van der Waals surface area contributed by atoms with Crippen LogP contribution in [0.2, 0.25) is 0 Å². The smallest absolute Gasteiger partial charge is 0.243 e. The highest BCUT2D eigenvalue weighted by Crippen LogP contribution is 2.26. The number of hydrogen-bond acceptors (Lipinski definition) is 6. The van der Waals surface area contributed by atoms with Gasteiger partial charge in [-0.25, -0.2) is 8.42 Å².